The fourth-order valence-corrected chi connectivity index (χ4v) is 3.16. The van der Waals surface area contributed by atoms with Gasteiger partial charge in [-0.15, -0.1) is 0 Å². The Morgan fingerprint density at radius 2 is 2.04 bits per heavy atom. The Bertz CT molecular complexity index is 921. The van der Waals surface area contributed by atoms with Crippen molar-refractivity contribution in [2.75, 3.05) is 11.9 Å². The molecule has 0 aliphatic carbocycles. The first-order valence-electron chi connectivity index (χ1n) is 7.61. The number of anilines is 1. The molecule has 0 aliphatic heterocycles. The molecule has 8 heteroatoms. The minimum atomic E-state index is -0.492. The van der Waals surface area contributed by atoms with Gasteiger partial charge in [0.2, 0.25) is 0 Å². The molecular formula is C17H15N3O4S. The highest BCUT2D eigenvalue weighted by Crippen LogP contribution is 2.27. The van der Waals surface area contributed by atoms with Crippen LogP contribution in [-0.2, 0) is 11.2 Å². The summed E-state index contributed by atoms with van der Waals surface area (Å²) in [6.07, 6.45) is 0.943. The molecule has 3 aromatic rings. The van der Waals surface area contributed by atoms with E-state index >= 15 is 0 Å². The van der Waals surface area contributed by atoms with Crippen LogP contribution in [0.3, 0.4) is 0 Å². The van der Waals surface area contributed by atoms with Gasteiger partial charge in [0.1, 0.15) is 5.75 Å². The van der Waals surface area contributed by atoms with E-state index in [0.29, 0.717) is 10.9 Å². The Labute approximate surface area is 147 Å². The molecule has 0 saturated heterocycles. The van der Waals surface area contributed by atoms with E-state index in [-0.39, 0.29) is 18.2 Å². The van der Waals surface area contributed by atoms with Gasteiger partial charge in [0.05, 0.1) is 15.1 Å². The molecule has 0 spiro atoms. The number of nitrogens with one attached hydrogen (secondary N) is 1. The molecule has 0 saturated carbocycles. The molecule has 1 amide bonds. The smallest absolute Gasteiger partial charge is 0.269 e. The summed E-state index contributed by atoms with van der Waals surface area (Å²) in [4.78, 5) is 26.5. The molecule has 0 fully saturated rings. The van der Waals surface area contributed by atoms with E-state index in [2.05, 4.69) is 23.3 Å². The Morgan fingerprint density at radius 3 is 2.72 bits per heavy atom. The average molecular weight is 357 g/mol. The van der Waals surface area contributed by atoms with Gasteiger partial charge in [-0.25, -0.2) is 4.98 Å². The molecule has 1 N–H and O–H groups in total. The van der Waals surface area contributed by atoms with Crippen molar-refractivity contribution in [1.29, 1.82) is 0 Å². The summed E-state index contributed by atoms with van der Waals surface area (Å²) in [5, 5.41) is 13.8. The second-order valence-corrected chi connectivity index (χ2v) is 6.29. The number of hydrogen-bond acceptors (Lipinski definition) is 6. The van der Waals surface area contributed by atoms with E-state index in [0.717, 1.165) is 16.6 Å². The largest absolute Gasteiger partial charge is 0.484 e. The maximum atomic E-state index is 12.0. The number of carbonyl (C=O) groups is 1. The van der Waals surface area contributed by atoms with Crippen LogP contribution in [0.1, 0.15) is 12.5 Å². The Kier molecular flexibility index (Phi) is 4.90. The molecule has 0 atom stereocenters. The number of nitro benzene ring substituents is 1. The number of amides is 1. The van der Waals surface area contributed by atoms with Crippen molar-refractivity contribution in [3.8, 4) is 5.75 Å². The quantitative estimate of drug-likeness (QED) is 0.535. The normalized spacial score (nSPS) is 10.6. The van der Waals surface area contributed by atoms with Crippen molar-refractivity contribution in [2.24, 2.45) is 0 Å². The van der Waals surface area contributed by atoms with E-state index in [1.807, 2.05) is 12.1 Å². The van der Waals surface area contributed by atoms with Crippen molar-refractivity contribution in [2.45, 2.75) is 13.3 Å². The molecular weight excluding hydrogens is 342 g/mol. The Balaban J connectivity index is 1.59. The number of non-ortho nitro benzene ring substituents is 1. The van der Waals surface area contributed by atoms with E-state index in [4.69, 9.17) is 4.74 Å². The number of benzene rings is 2. The summed E-state index contributed by atoms with van der Waals surface area (Å²) in [5.74, 6) is 0.0470. The number of nitro groups is 1. The minimum absolute atomic E-state index is 0.0299. The summed E-state index contributed by atoms with van der Waals surface area (Å²) < 4.78 is 6.35. The summed E-state index contributed by atoms with van der Waals surface area (Å²) in [7, 11) is 0. The average Bonchev–Trinajstić information content (AvgIpc) is 3.01. The number of thiazole rings is 1. The maximum Gasteiger partial charge on any atom is 0.269 e. The van der Waals surface area contributed by atoms with Gasteiger partial charge in [-0.05, 0) is 36.2 Å². The summed E-state index contributed by atoms with van der Waals surface area (Å²) in [5.41, 5.74) is 2.03. The molecule has 1 aromatic heterocycles. The summed E-state index contributed by atoms with van der Waals surface area (Å²) in [6, 6.07) is 11.6. The third kappa shape index (κ3) is 4.10. The van der Waals surface area contributed by atoms with Crippen molar-refractivity contribution < 1.29 is 14.5 Å². The second kappa shape index (κ2) is 7.27. The molecule has 0 unspecified atom stereocenters. The summed E-state index contributed by atoms with van der Waals surface area (Å²) >= 11 is 1.41. The van der Waals surface area contributed by atoms with Gasteiger partial charge in [-0.2, -0.15) is 0 Å². The van der Waals surface area contributed by atoms with Crippen LogP contribution in [0.15, 0.2) is 42.5 Å². The van der Waals surface area contributed by atoms with Crippen LogP contribution in [0.25, 0.3) is 10.2 Å². The van der Waals surface area contributed by atoms with Gasteiger partial charge in [-0.3, -0.25) is 20.2 Å². The lowest BCUT2D eigenvalue weighted by Gasteiger charge is -2.05. The first-order chi connectivity index (χ1) is 12.0. The van der Waals surface area contributed by atoms with Crippen LogP contribution in [0.4, 0.5) is 10.8 Å². The van der Waals surface area contributed by atoms with Gasteiger partial charge in [0, 0.05) is 12.1 Å². The molecule has 25 heavy (non-hydrogen) atoms. The number of carbonyl (C=O) groups excluding carboxylic acids is 1. The lowest BCUT2D eigenvalue weighted by molar-refractivity contribution is -0.384. The topological polar surface area (TPSA) is 94.4 Å². The van der Waals surface area contributed by atoms with Crippen molar-refractivity contribution in [1.82, 2.24) is 4.98 Å². The third-order valence-corrected chi connectivity index (χ3v) is 4.46. The molecule has 128 valence electrons. The van der Waals surface area contributed by atoms with Crippen LogP contribution in [-0.4, -0.2) is 22.4 Å². The highest BCUT2D eigenvalue weighted by molar-refractivity contribution is 7.22. The summed E-state index contributed by atoms with van der Waals surface area (Å²) in [6.45, 7) is 1.88. The van der Waals surface area contributed by atoms with E-state index in [1.165, 1.54) is 41.2 Å². The van der Waals surface area contributed by atoms with E-state index in [1.54, 1.807) is 0 Å². The maximum absolute atomic E-state index is 12.0. The van der Waals surface area contributed by atoms with Gasteiger partial charge < -0.3 is 4.74 Å². The van der Waals surface area contributed by atoms with Crippen LogP contribution >= 0.6 is 11.3 Å². The first kappa shape index (κ1) is 16.8. The van der Waals surface area contributed by atoms with Crippen molar-refractivity contribution >= 4 is 38.3 Å². The molecule has 0 radical (unpaired) electrons. The lowest BCUT2D eigenvalue weighted by atomic mass is 10.2. The standard InChI is InChI=1S/C17H15N3O4S/c1-2-11-3-8-14-15(9-11)25-17(18-14)19-16(21)10-24-13-6-4-12(5-7-13)20(22)23/h3-9H,2,10H2,1H3,(H,18,19,21). The highest BCUT2D eigenvalue weighted by atomic mass is 32.1. The van der Waals surface area contributed by atoms with Crippen LogP contribution in [0.2, 0.25) is 0 Å². The Hall–Kier alpha value is -3.00. The zero-order valence-electron chi connectivity index (χ0n) is 13.4. The van der Waals surface area contributed by atoms with Gasteiger partial charge in [0.25, 0.3) is 11.6 Å². The van der Waals surface area contributed by atoms with Crippen molar-refractivity contribution in [3.05, 3.63) is 58.1 Å². The number of aromatic nitrogens is 1. The predicted molar refractivity (Wildman–Crippen MR) is 96.2 cm³/mol. The highest BCUT2D eigenvalue weighted by Gasteiger charge is 2.10. The number of nitrogens with zero attached hydrogens (tertiary/aromatic N) is 2. The van der Waals surface area contributed by atoms with E-state index in [9.17, 15) is 14.9 Å². The monoisotopic (exact) mass is 357 g/mol. The van der Waals surface area contributed by atoms with Gasteiger partial charge >= 0.3 is 0 Å². The number of ether oxygens (including phenoxy) is 1. The number of hydrogen-bond donors (Lipinski definition) is 1. The number of aryl methyl sites for hydroxylation is 1. The van der Waals surface area contributed by atoms with Gasteiger partial charge in [0.15, 0.2) is 11.7 Å². The fourth-order valence-electron chi connectivity index (χ4n) is 2.21. The Morgan fingerprint density at radius 1 is 1.28 bits per heavy atom. The molecule has 3 rings (SSSR count). The first-order valence-corrected chi connectivity index (χ1v) is 8.43. The van der Waals surface area contributed by atoms with Crippen molar-refractivity contribution in [3.63, 3.8) is 0 Å². The molecule has 0 bridgehead atoms. The van der Waals surface area contributed by atoms with E-state index < -0.39 is 4.92 Å². The van der Waals surface area contributed by atoms with Crippen LogP contribution < -0.4 is 10.1 Å². The lowest BCUT2D eigenvalue weighted by Crippen LogP contribution is -2.19. The zero-order valence-corrected chi connectivity index (χ0v) is 14.2. The fraction of sp³-hybridized carbons (Fsp3) is 0.176. The van der Waals surface area contributed by atoms with Gasteiger partial charge in [-0.1, -0.05) is 24.3 Å². The number of fused-ring (bicyclic) bond motifs is 1. The van der Waals surface area contributed by atoms with Crippen LogP contribution in [0, 0.1) is 10.1 Å². The molecule has 1 heterocycles. The SMILES string of the molecule is CCc1ccc2nc(NC(=O)COc3ccc([N+](=O)[O-])cc3)sc2c1. The third-order valence-electron chi connectivity index (χ3n) is 3.52. The van der Waals surface area contributed by atoms with Crippen LogP contribution in [0.5, 0.6) is 5.75 Å². The zero-order chi connectivity index (χ0) is 17.8. The minimum Gasteiger partial charge on any atom is -0.484 e. The second-order valence-electron chi connectivity index (χ2n) is 5.26. The molecule has 2 aromatic carbocycles. The molecule has 7 nitrogen and oxygen atoms in total. The molecule has 0 aliphatic rings. The number of rotatable bonds is 6. The predicted octanol–water partition coefficient (Wildman–Crippen LogP) is 3.78.